The number of carbonyl (C=O) groups is 1. The molecule has 4 nitrogen and oxygen atoms in total. The fraction of sp³-hybridized carbons (Fsp3) is 0.588. The van der Waals surface area contributed by atoms with Gasteiger partial charge in [0, 0.05) is 32.0 Å². The molecule has 4 heteroatoms. The zero-order valence-corrected chi connectivity index (χ0v) is 13.6. The van der Waals surface area contributed by atoms with Crippen molar-refractivity contribution in [2.75, 3.05) is 37.4 Å². The largest absolute Gasteiger partial charge is 0.377 e. The average Bonchev–Trinajstić information content (AvgIpc) is 2.49. The number of nitrogens with one attached hydrogen (secondary N) is 2. The fourth-order valence-corrected chi connectivity index (χ4v) is 3.06. The Kier molecular flexibility index (Phi) is 4.88. The van der Waals surface area contributed by atoms with Gasteiger partial charge in [-0.15, -0.1) is 0 Å². The van der Waals surface area contributed by atoms with Gasteiger partial charge in [-0.05, 0) is 50.4 Å². The minimum absolute atomic E-state index is 0.144. The Balaban J connectivity index is 2.17. The molecule has 1 atom stereocenters. The van der Waals surface area contributed by atoms with Crippen molar-refractivity contribution in [2.24, 2.45) is 5.41 Å². The van der Waals surface area contributed by atoms with E-state index in [0.717, 1.165) is 43.7 Å². The van der Waals surface area contributed by atoms with Crippen molar-refractivity contribution in [1.29, 1.82) is 0 Å². The molecule has 1 aromatic rings. The van der Waals surface area contributed by atoms with E-state index in [4.69, 9.17) is 0 Å². The van der Waals surface area contributed by atoms with E-state index in [1.54, 1.807) is 0 Å². The van der Waals surface area contributed by atoms with Crippen LogP contribution in [0.4, 0.5) is 11.4 Å². The molecule has 21 heavy (non-hydrogen) atoms. The fourth-order valence-electron chi connectivity index (χ4n) is 3.06. The van der Waals surface area contributed by atoms with Crippen LogP contribution in [-0.2, 0) is 4.79 Å². The van der Waals surface area contributed by atoms with Gasteiger partial charge >= 0.3 is 0 Å². The van der Waals surface area contributed by atoms with Crippen LogP contribution < -0.4 is 15.5 Å². The van der Waals surface area contributed by atoms with Gasteiger partial charge in [0.1, 0.15) is 0 Å². The van der Waals surface area contributed by atoms with Gasteiger partial charge in [0.05, 0.1) is 5.41 Å². The van der Waals surface area contributed by atoms with Gasteiger partial charge < -0.3 is 15.5 Å². The zero-order valence-electron chi connectivity index (χ0n) is 13.6. The second kappa shape index (κ2) is 6.48. The minimum atomic E-state index is -0.262. The van der Waals surface area contributed by atoms with E-state index in [0.29, 0.717) is 0 Å². The quantitative estimate of drug-likeness (QED) is 0.896. The SMILES string of the molecule is CCC1(C(=O)Nc2ccc(C)c(N(C)C)c2)CCCNC1. The standard InChI is InChI=1S/C17H27N3O/c1-5-17(9-6-10-18-12-17)16(21)19-14-8-7-13(2)15(11-14)20(3)4/h7-8,11,18H,5-6,9-10,12H2,1-4H3,(H,19,21). The lowest BCUT2D eigenvalue weighted by molar-refractivity contribution is -0.126. The van der Waals surface area contributed by atoms with E-state index < -0.39 is 0 Å². The van der Waals surface area contributed by atoms with Crippen molar-refractivity contribution in [1.82, 2.24) is 5.32 Å². The molecule has 0 saturated carbocycles. The van der Waals surface area contributed by atoms with Crippen LogP contribution in [0.25, 0.3) is 0 Å². The predicted octanol–water partition coefficient (Wildman–Crippen LogP) is 2.78. The first kappa shape index (κ1) is 15.8. The maximum atomic E-state index is 12.7. The normalized spacial score (nSPS) is 21.9. The van der Waals surface area contributed by atoms with Gasteiger partial charge in [-0.3, -0.25) is 4.79 Å². The Morgan fingerprint density at radius 1 is 1.43 bits per heavy atom. The van der Waals surface area contributed by atoms with E-state index in [1.807, 2.05) is 26.2 Å². The summed E-state index contributed by atoms with van der Waals surface area (Å²) in [6.07, 6.45) is 2.91. The van der Waals surface area contributed by atoms with Gasteiger partial charge in [0.25, 0.3) is 0 Å². The number of piperidine rings is 1. The van der Waals surface area contributed by atoms with Crippen molar-refractivity contribution in [3.63, 3.8) is 0 Å². The van der Waals surface area contributed by atoms with Crippen molar-refractivity contribution in [2.45, 2.75) is 33.1 Å². The van der Waals surface area contributed by atoms with E-state index in [2.05, 4.69) is 35.4 Å². The molecule has 0 bridgehead atoms. The van der Waals surface area contributed by atoms with Crippen molar-refractivity contribution in [3.05, 3.63) is 23.8 Å². The zero-order chi connectivity index (χ0) is 15.5. The molecule has 1 fully saturated rings. The van der Waals surface area contributed by atoms with Crippen LogP contribution in [0.15, 0.2) is 18.2 Å². The number of anilines is 2. The van der Waals surface area contributed by atoms with Crippen molar-refractivity contribution >= 4 is 17.3 Å². The topological polar surface area (TPSA) is 44.4 Å². The summed E-state index contributed by atoms with van der Waals surface area (Å²) in [5.41, 5.74) is 2.97. The maximum absolute atomic E-state index is 12.7. The van der Waals surface area contributed by atoms with Gasteiger partial charge in [0.2, 0.25) is 5.91 Å². The molecule has 1 amide bonds. The third kappa shape index (κ3) is 3.38. The van der Waals surface area contributed by atoms with Crippen LogP contribution in [0.2, 0.25) is 0 Å². The highest BCUT2D eigenvalue weighted by Gasteiger charge is 2.37. The average molecular weight is 289 g/mol. The molecule has 1 heterocycles. The number of aryl methyl sites for hydroxylation is 1. The number of benzene rings is 1. The summed E-state index contributed by atoms with van der Waals surface area (Å²) in [7, 11) is 4.04. The molecule has 1 saturated heterocycles. The Morgan fingerprint density at radius 3 is 2.76 bits per heavy atom. The molecule has 116 valence electrons. The van der Waals surface area contributed by atoms with E-state index in [-0.39, 0.29) is 11.3 Å². The van der Waals surface area contributed by atoms with E-state index >= 15 is 0 Å². The highest BCUT2D eigenvalue weighted by molar-refractivity contribution is 5.96. The molecule has 1 aliphatic rings. The Bertz CT molecular complexity index is 505. The first-order valence-electron chi connectivity index (χ1n) is 7.79. The Labute approximate surface area is 127 Å². The summed E-state index contributed by atoms with van der Waals surface area (Å²) in [6.45, 7) is 5.98. The predicted molar refractivity (Wildman–Crippen MR) is 89.0 cm³/mol. The van der Waals surface area contributed by atoms with Crippen molar-refractivity contribution in [3.8, 4) is 0 Å². The number of hydrogen-bond donors (Lipinski definition) is 2. The second-order valence-corrected chi connectivity index (χ2v) is 6.26. The summed E-state index contributed by atoms with van der Waals surface area (Å²) >= 11 is 0. The molecule has 0 aromatic heterocycles. The Morgan fingerprint density at radius 2 is 2.19 bits per heavy atom. The van der Waals surface area contributed by atoms with Gasteiger partial charge in [-0.25, -0.2) is 0 Å². The van der Waals surface area contributed by atoms with Crippen LogP contribution in [0.5, 0.6) is 0 Å². The highest BCUT2D eigenvalue weighted by atomic mass is 16.2. The third-order valence-corrected chi connectivity index (χ3v) is 4.58. The van der Waals surface area contributed by atoms with Gasteiger partial charge in [0.15, 0.2) is 0 Å². The van der Waals surface area contributed by atoms with Crippen LogP contribution in [0.3, 0.4) is 0 Å². The number of rotatable bonds is 4. The molecule has 1 aliphatic heterocycles. The molecule has 0 radical (unpaired) electrons. The Hall–Kier alpha value is -1.55. The van der Waals surface area contributed by atoms with Crippen LogP contribution >= 0.6 is 0 Å². The van der Waals surface area contributed by atoms with Crippen LogP contribution in [0.1, 0.15) is 31.7 Å². The molecule has 1 unspecified atom stereocenters. The van der Waals surface area contributed by atoms with Gasteiger partial charge in [-0.2, -0.15) is 0 Å². The molecule has 0 spiro atoms. The summed E-state index contributed by atoms with van der Waals surface area (Å²) in [5.74, 6) is 0.144. The second-order valence-electron chi connectivity index (χ2n) is 6.26. The first-order chi connectivity index (χ1) is 9.98. The molecule has 0 aliphatic carbocycles. The van der Waals surface area contributed by atoms with E-state index in [9.17, 15) is 4.79 Å². The summed E-state index contributed by atoms with van der Waals surface area (Å²) in [5, 5.41) is 6.48. The lowest BCUT2D eigenvalue weighted by Gasteiger charge is -2.35. The first-order valence-corrected chi connectivity index (χ1v) is 7.79. The van der Waals surface area contributed by atoms with Crippen LogP contribution in [0, 0.1) is 12.3 Å². The minimum Gasteiger partial charge on any atom is -0.377 e. The number of hydrogen-bond acceptors (Lipinski definition) is 3. The van der Waals surface area contributed by atoms with Gasteiger partial charge in [-0.1, -0.05) is 13.0 Å². The smallest absolute Gasteiger partial charge is 0.231 e. The molecule has 2 rings (SSSR count). The lowest BCUT2D eigenvalue weighted by Crippen LogP contribution is -2.47. The maximum Gasteiger partial charge on any atom is 0.231 e. The lowest BCUT2D eigenvalue weighted by atomic mass is 9.77. The monoisotopic (exact) mass is 289 g/mol. The van der Waals surface area contributed by atoms with Crippen molar-refractivity contribution < 1.29 is 4.79 Å². The molecular formula is C17H27N3O. The molecule has 1 aromatic carbocycles. The molecule has 2 N–H and O–H groups in total. The summed E-state index contributed by atoms with van der Waals surface area (Å²) < 4.78 is 0. The van der Waals surface area contributed by atoms with Crippen LogP contribution in [-0.4, -0.2) is 33.1 Å². The highest BCUT2D eigenvalue weighted by Crippen LogP contribution is 2.32. The number of nitrogens with zero attached hydrogens (tertiary/aromatic N) is 1. The summed E-state index contributed by atoms with van der Waals surface area (Å²) in [6, 6.07) is 6.09. The summed E-state index contributed by atoms with van der Waals surface area (Å²) in [4.78, 5) is 14.8. The third-order valence-electron chi connectivity index (χ3n) is 4.58. The number of amides is 1. The number of carbonyl (C=O) groups excluding carboxylic acids is 1. The molecular weight excluding hydrogens is 262 g/mol. The van der Waals surface area contributed by atoms with E-state index in [1.165, 1.54) is 5.56 Å².